The Kier molecular flexibility index (Phi) is 5.74. The molecule has 0 radical (unpaired) electrons. The first-order valence-electron chi connectivity index (χ1n) is 10.8. The Morgan fingerprint density at radius 1 is 0.912 bits per heavy atom. The first kappa shape index (κ1) is 21.7. The normalized spacial score (nSPS) is 11.1. The van der Waals surface area contributed by atoms with E-state index in [4.69, 9.17) is 11.6 Å². The molecule has 1 heterocycles. The average Bonchev–Trinajstić information content (AvgIpc) is 2.83. The summed E-state index contributed by atoms with van der Waals surface area (Å²) in [6, 6.07) is 25.7. The second kappa shape index (κ2) is 9.00. The second-order valence-corrected chi connectivity index (χ2v) is 8.40. The lowest BCUT2D eigenvalue weighted by Gasteiger charge is -2.10. The molecule has 7 heteroatoms. The minimum atomic E-state index is -0.572. The van der Waals surface area contributed by atoms with Gasteiger partial charge in [0.15, 0.2) is 0 Å². The van der Waals surface area contributed by atoms with Crippen molar-refractivity contribution in [2.24, 2.45) is 0 Å². The fourth-order valence-electron chi connectivity index (χ4n) is 4.15. The van der Waals surface area contributed by atoms with Crippen LogP contribution in [-0.2, 0) is 17.8 Å². The maximum atomic E-state index is 13.0. The molecular formula is C27H20ClN3O3. The van der Waals surface area contributed by atoms with E-state index in [0.29, 0.717) is 23.3 Å². The van der Waals surface area contributed by atoms with E-state index in [-0.39, 0.29) is 22.7 Å². The number of nitrogens with one attached hydrogen (secondary N) is 2. The number of benzene rings is 4. The Bertz CT molecular complexity index is 1660. The van der Waals surface area contributed by atoms with Crippen LogP contribution in [0.4, 0.5) is 0 Å². The third-order valence-corrected chi connectivity index (χ3v) is 6.08. The summed E-state index contributed by atoms with van der Waals surface area (Å²) in [5.74, 6) is -0.159. The number of aromatic amines is 1. The molecule has 5 aromatic rings. The number of carbonyl (C=O) groups excluding carboxylic acids is 1. The van der Waals surface area contributed by atoms with Crippen molar-refractivity contribution in [2.45, 2.75) is 13.0 Å². The second-order valence-electron chi connectivity index (χ2n) is 7.99. The van der Waals surface area contributed by atoms with Crippen LogP contribution in [0, 0.1) is 0 Å². The first-order chi connectivity index (χ1) is 16.5. The molecule has 0 fully saturated rings. The topological polar surface area (TPSA) is 84.0 Å². The molecule has 0 aliphatic rings. The van der Waals surface area contributed by atoms with E-state index >= 15 is 0 Å². The largest absolute Gasteiger partial charge is 0.352 e. The van der Waals surface area contributed by atoms with Crippen LogP contribution in [-0.4, -0.2) is 15.5 Å². The minimum Gasteiger partial charge on any atom is -0.352 e. The van der Waals surface area contributed by atoms with E-state index in [1.807, 2.05) is 42.5 Å². The molecule has 2 N–H and O–H groups in total. The number of amides is 1. The number of halogens is 1. The zero-order chi connectivity index (χ0) is 23.7. The standard InChI is InChI=1S/C27H20ClN3O3/c28-22-12-5-13-23-25(22)26(33)31(27(34)30-23)20-10-3-6-17(14-20)15-24(32)29-16-19-9-4-8-18-7-1-2-11-21(18)19/h1-14H,15-16H2,(H,29,32)(H,30,34). The highest BCUT2D eigenvalue weighted by atomic mass is 35.5. The summed E-state index contributed by atoms with van der Waals surface area (Å²) >= 11 is 6.21. The summed E-state index contributed by atoms with van der Waals surface area (Å²) < 4.78 is 1.03. The van der Waals surface area contributed by atoms with Crippen LogP contribution in [0.15, 0.2) is 94.5 Å². The quantitative estimate of drug-likeness (QED) is 0.401. The highest BCUT2D eigenvalue weighted by molar-refractivity contribution is 6.35. The fourth-order valence-corrected chi connectivity index (χ4v) is 4.40. The summed E-state index contributed by atoms with van der Waals surface area (Å²) in [4.78, 5) is 41.1. The fraction of sp³-hybridized carbons (Fsp3) is 0.0741. The smallest absolute Gasteiger partial charge is 0.333 e. The van der Waals surface area contributed by atoms with Gasteiger partial charge in [-0.05, 0) is 46.2 Å². The molecule has 1 aromatic heterocycles. The van der Waals surface area contributed by atoms with Gasteiger partial charge in [-0.3, -0.25) is 9.59 Å². The van der Waals surface area contributed by atoms with Crippen molar-refractivity contribution in [1.29, 1.82) is 0 Å². The molecule has 0 spiro atoms. The number of fused-ring (bicyclic) bond motifs is 2. The maximum absolute atomic E-state index is 13.0. The molecule has 0 atom stereocenters. The van der Waals surface area contributed by atoms with Crippen molar-refractivity contribution in [3.63, 3.8) is 0 Å². The highest BCUT2D eigenvalue weighted by Gasteiger charge is 2.13. The van der Waals surface area contributed by atoms with Gasteiger partial charge in [-0.15, -0.1) is 0 Å². The molecule has 0 saturated carbocycles. The van der Waals surface area contributed by atoms with Crippen LogP contribution in [0.3, 0.4) is 0 Å². The zero-order valence-corrected chi connectivity index (χ0v) is 18.8. The Hall–Kier alpha value is -4.16. The van der Waals surface area contributed by atoms with Crippen LogP contribution in [0.2, 0.25) is 5.02 Å². The van der Waals surface area contributed by atoms with Gasteiger partial charge in [-0.25, -0.2) is 9.36 Å². The number of H-pyrrole nitrogens is 1. The van der Waals surface area contributed by atoms with Crippen molar-refractivity contribution in [2.75, 3.05) is 0 Å². The molecule has 4 aromatic carbocycles. The van der Waals surface area contributed by atoms with Gasteiger partial charge >= 0.3 is 5.69 Å². The van der Waals surface area contributed by atoms with Gasteiger partial charge in [0.25, 0.3) is 5.56 Å². The number of hydrogen-bond donors (Lipinski definition) is 2. The minimum absolute atomic E-state index is 0.111. The molecule has 0 aliphatic carbocycles. The Morgan fingerprint density at radius 3 is 2.56 bits per heavy atom. The van der Waals surface area contributed by atoms with Crippen molar-refractivity contribution in [3.05, 3.63) is 122 Å². The molecule has 0 bridgehead atoms. The molecule has 6 nitrogen and oxygen atoms in total. The SMILES string of the molecule is O=C(Cc1cccc(-n2c(=O)[nH]c3cccc(Cl)c3c2=O)c1)NCc1cccc2ccccc12. The predicted molar refractivity (Wildman–Crippen MR) is 135 cm³/mol. The van der Waals surface area contributed by atoms with Gasteiger partial charge in [0.1, 0.15) is 0 Å². The Morgan fingerprint density at radius 2 is 1.68 bits per heavy atom. The molecule has 0 aliphatic heterocycles. The van der Waals surface area contributed by atoms with Gasteiger partial charge in [0.2, 0.25) is 5.91 Å². The Balaban J connectivity index is 1.39. The average molecular weight is 470 g/mol. The summed E-state index contributed by atoms with van der Waals surface area (Å²) in [7, 11) is 0. The summed E-state index contributed by atoms with van der Waals surface area (Å²) in [5.41, 5.74) is 1.37. The van der Waals surface area contributed by atoms with Crippen LogP contribution < -0.4 is 16.6 Å². The van der Waals surface area contributed by atoms with Crippen LogP contribution >= 0.6 is 11.6 Å². The predicted octanol–water partition coefficient (Wildman–Crippen LogP) is 4.34. The van der Waals surface area contributed by atoms with Gasteiger partial charge in [0.05, 0.1) is 28.0 Å². The van der Waals surface area contributed by atoms with Gasteiger partial charge in [-0.2, -0.15) is 0 Å². The van der Waals surface area contributed by atoms with E-state index in [9.17, 15) is 14.4 Å². The van der Waals surface area contributed by atoms with E-state index < -0.39 is 11.2 Å². The van der Waals surface area contributed by atoms with E-state index in [0.717, 1.165) is 20.9 Å². The number of rotatable bonds is 5. The highest BCUT2D eigenvalue weighted by Crippen LogP contribution is 2.19. The van der Waals surface area contributed by atoms with Gasteiger partial charge in [0, 0.05) is 6.54 Å². The monoisotopic (exact) mass is 469 g/mol. The Labute approximate surface area is 199 Å². The van der Waals surface area contributed by atoms with E-state index in [2.05, 4.69) is 10.3 Å². The molecule has 168 valence electrons. The van der Waals surface area contributed by atoms with Crippen LogP contribution in [0.25, 0.3) is 27.4 Å². The van der Waals surface area contributed by atoms with Crippen molar-refractivity contribution in [1.82, 2.24) is 14.9 Å². The third kappa shape index (κ3) is 4.11. The summed E-state index contributed by atoms with van der Waals surface area (Å²) in [6.45, 7) is 0.405. The zero-order valence-electron chi connectivity index (χ0n) is 18.0. The number of aromatic nitrogens is 2. The molecule has 34 heavy (non-hydrogen) atoms. The molecule has 0 unspecified atom stereocenters. The summed E-state index contributed by atoms with van der Waals surface area (Å²) in [5, 5.41) is 5.68. The van der Waals surface area contributed by atoms with Crippen LogP contribution in [0.1, 0.15) is 11.1 Å². The number of hydrogen-bond acceptors (Lipinski definition) is 3. The number of nitrogens with zero attached hydrogens (tertiary/aromatic N) is 1. The van der Waals surface area contributed by atoms with Crippen molar-refractivity contribution in [3.8, 4) is 5.69 Å². The van der Waals surface area contributed by atoms with Crippen LogP contribution in [0.5, 0.6) is 0 Å². The van der Waals surface area contributed by atoms with Crippen molar-refractivity contribution < 1.29 is 4.79 Å². The lowest BCUT2D eigenvalue weighted by atomic mass is 10.0. The first-order valence-corrected chi connectivity index (χ1v) is 11.2. The van der Waals surface area contributed by atoms with Crippen molar-refractivity contribution >= 4 is 39.2 Å². The van der Waals surface area contributed by atoms with E-state index in [1.165, 1.54) is 0 Å². The van der Waals surface area contributed by atoms with E-state index in [1.54, 1.807) is 42.5 Å². The van der Waals surface area contributed by atoms with Gasteiger partial charge in [-0.1, -0.05) is 72.3 Å². The molecule has 1 amide bonds. The lowest BCUT2D eigenvalue weighted by molar-refractivity contribution is -0.120. The third-order valence-electron chi connectivity index (χ3n) is 5.76. The number of carbonyl (C=O) groups is 1. The molecule has 5 rings (SSSR count). The molecular weight excluding hydrogens is 450 g/mol. The summed E-state index contributed by atoms with van der Waals surface area (Å²) in [6.07, 6.45) is 0.111. The van der Waals surface area contributed by atoms with Gasteiger partial charge < -0.3 is 10.3 Å². The lowest BCUT2D eigenvalue weighted by Crippen LogP contribution is -2.33. The molecule has 0 saturated heterocycles. The maximum Gasteiger partial charge on any atom is 0.333 e.